The number of hydrogen-bond donors (Lipinski definition) is 1. The van der Waals surface area contributed by atoms with Crippen molar-refractivity contribution in [1.82, 2.24) is 4.90 Å². The molecule has 0 aliphatic carbocycles. The maximum atomic E-state index is 6.36. The minimum Gasteiger partial charge on any atom is -0.474 e. The van der Waals surface area contributed by atoms with E-state index in [1.165, 1.54) is 41.8 Å². The van der Waals surface area contributed by atoms with Gasteiger partial charge in [-0.15, -0.1) is 11.3 Å². The Hall–Kier alpha value is -2.56. The van der Waals surface area contributed by atoms with Crippen LogP contribution in [0.25, 0.3) is 10.4 Å². The van der Waals surface area contributed by atoms with Crippen LogP contribution in [0.5, 0.6) is 0 Å². The Bertz CT molecular complexity index is 1000. The van der Waals surface area contributed by atoms with Crippen molar-refractivity contribution >= 4 is 17.0 Å². The van der Waals surface area contributed by atoms with E-state index >= 15 is 0 Å². The molecule has 1 N–H and O–H groups in total. The standard InChI is InChI=1S/C27H30N2OS/c1-20(28-25-15-17-31-27(25)22-10-6-3-7-11-22)30-26-19-29-16-14-23(26)18-24(29)13-12-21-8-4-2-5-9-21/h2-11,15,17,23-24,26,28H,1,12-14,16,18-19H2. The third-order valence-corrected chi connectivity index (χ3v) is 7.66. The molecule has 0 saturated carbocycles. The lowest BCUT2D eigenvalue weighted by molar-refractivity contribution is -0.0693. The zero-order chi connectivity index (χ0) is 21.0. The van der Waals surface area contributed by atoms with Crippen LogP contribution >= 0.6 is 11.3 Å². The highest BCUT2D eigenvalue weighted by molar-refractivity contribution is 7.14. The molecule has 6 rings (SSSR count). The van der Waals surface area contributed by atoms with Crippen LogP contribution in [0.1, 0.15) is 24.8 Å². The van der Waals surface area contributed by atoms with E-state index in [1.54, 1.807) is 11.3 Å². The maximum Gasteiger partial charge on any atom is 0.184 e. The maximum absolute atomic E-state index is 6.36. The lowest BCUT2D eigenvalue weighted by atomic mass is 9.79. The Morgan fingerprint density at radius 3 is 2.58 bits per heavy atom. The van der Waals surface area contributed by atoms with Crippen molar-refractivity contribution in [2.75, 3.05) is 18.4 Å². The van der Waals surface area contributed by atoms with Gasteiger partial charge in [-0.25, -0.2) is 0 Å². The van der Waals surface area contributed by atoms with E-state index in [0.29, 0.717) is 17.8 Å². The summed E-state index contributed by atoms with van der Waals surface area (Å²) in [6.07, 6.45) is 5.10. The van der Waals surface area contributed by atoms with Crippen LogP contribution < -0.4 is 5.32 Å². The summed E-state index contributed by atoms with van der Waals surface area (Å²) in [5.41, 5.74) is 3.74. The van der Waals surface area contributed by atoms with Crippen LogP contribution in [0.2, 0.25) is 0 Å². The predicted molar refractivity (Wildman–Crippen MR) is 130 cm³/mol. The van der Waals surface area contributed by atoms with Crippen molar-refractivity contribution in [2.24, 2.45) is 5.92 Å². The molecule has 0 radical (unpaired) electrons. The van der Waals surface area contributed by atoms with E-state index in [9.17, 15) is 0 Å². The van der Waals surface area contributed by atoms with Crippen molar-refractivity contribution in [3.8, 4) is 10.4 Å². The molecule has 160 valence electrons. The van der Waals surface area contributed by atoms with Gasteiger partial charge in [0.25, 0.3) is 0 Å². The molecule has 4 atom stereocenters. The number of fused-ring (bicyclic) bond motifs is 3. The molecule has 3 fully saturated rings. The molecule has 31 heavy (non-hydrogen) atoms. The van der Waals surface area contributed by atoms with Gasteiger partial charge in [0.15, 0.2) is 5.88 Å². The number of anilines is 1. The Kier molecular flexibility index (Phi) is 6.10. The smallest absolute Gasteiger partial charge is 0.184 e. The molecule has 3 aliphatic rings. The van der Waals surface area contributed by atoms with Gasteiger partial charge in [-0.3, -0.25) is 4.90 Å². The van der Waals surface area contributed by atoms with Crippen molar-refractivity contribution < 1.29 is 4.74 Å². The number of nitrogens with one attached hydrogen (secondary N) is 1. The second-order valence-corrected chi connectivity index (χ2v) is 9.61. The van der Waals surface area contributed by atoms with E-state index in [2.05, 4.69) is 82.8 Å². The highest BCUT2D eigenvalue weighted by Crippen LogP contribution is 2.38. The molecule has 2 bridgehead atoms. The Morgan fingerprint density at radius 1 is 1.06 bits per heavy atom. The van der Waals surface area contributed by atoms with Gasteiger partial charge in [0, 0.05) is 12.6 Å². The molecule has 3 aromatic rings. The van der Waals surface area contributed by atoms with Crippen LogP contribution in [-0.2, 0) is 11.2 Å². The van der Waals surface area contributed by atoms with Crippen molar-refractivity contribution in [1.29, 1.82) is 0 Å². The molecule has 2 aromatic carbocycles. The minimum atomic E-state index is 0.237. The van der Waals surface area contributed by atoms with Gasteiger partial charge in [0.1, 0.15) is 6.10 Å². The number of hydrogen-bond acceptors (Lipinski definition) is 4. The van der Waals surface area contributed by atoms with Gasteiger partial charge in [0.2, 0.25) is 0 Å². The van der Waals surface area contributed by atoms with Crippen LogP contribution in [0.4, 0.5) is 5.69 Å². The summed E-state index contributed by atoms with van der Waals surface area (Å²) in [6, 6.07) is 24.1. The number of benzene rings is 2. The average molecular weight is 431 g/mol. The number of thiophene rings is 1. The summed E-state index contributed by atoms with van der Waals surface area (Å²) in [5.74, 6) is 1.29. The van der Waals surface area contributed by atoms with Crippen molar-refractivity contribution in [3.05, 3.63) is 90.1 Å². The summed E-state index contributed by atoms with van der Waals surface area (Å²) in [4.78, 5) is 3.86. The molecular weight excluding hydrogens is 400 g/mol. The molecule has 0 amide bonds. The van der Waals surface area contributed by atoms with Crippen molar-refractivity contribution in [3.63, 3.8) is 0 Å². The average Bonchev–Trinajstić information content (AvgIpc) is 3.27. The van der Waals surface area contributed by atoms with Crippen LogP contribution in [-0.4, -0.2) is 30.1 Å². The molecule has 4 unspecified atom stereocenters. The minimum absolute atomic E-state index is 0.237. The van der Waals surface area contributed by atoms with Gasteiger partial charge in [-0.1, -0.05) is 60.7 Å². The fraction of sp³-hybridized carbons (Fsp3) is 0.333. The van der Waals surface area contributed by atoms with Gasteiger partial charge >= 0.3 is 0 Å². The second kappa shape index (κ2) is 9.29. The summed E-state index contributed by atoms with van der Waals surface area (Å²) in [6.45, 7) is 6.40. The topological polar surface area (TPSA) is 24.5 Å². The van der Waals surface area contributed by atoms with E-state index in [-0.39, 0.29) is 6.10 Å². The molecular formula is C27H30N2OS. The number of rotatable bonds is 8. The third kappa shape index (κ3) is 4.70. The Balaban J connectivity index is 1.16. The van der Waals surface area contributed by atoms with Crippen LogP contribution in [0, 0.1) is 5.92 Å². The third-order valence-electron chi connectivity index (χ3n) is 6.70. The number of aryl methyl sites for hydroxylation is 1. The summed E-state index contributed by atoms with van der Waals surface area (Å²) >= 11 is 1.74. The first kappa shape index (κ1) is 20.3. The monoisotopic (exact) mass is 430 g/mol. The summed E-state index contributed by atoms with van der Waals surface area (Å²) in [7, 11) is 0. The largest absolute Gasteiger partial charge is 0.474 e. The SMILES string of the molecule is C=C(Nc1ccsc1-c1ccccc1)OC1CN2CCC1CC2CCc1ccccc1. The van der Waals surface area contributed by atoms with Crippen molar-refractivity contribution in [2.45, 2.75) is 37.8 Å². The lowest BCUT2D eigenvalue weighted by Crippen LogP contribution is -2.56. The number of nitrogens with zero attached hydrogens (tertiary/aromatic N) is 1. The van der Waals surface area contributed by atoms with Crippen LogP contribution in [0.15, 0.2) is 84.6 Å². The fourth-order valence-electron chi connectivity index (χ4n) is 5.08. The van der Waals surface area contributed by atoms with E-state index in [4.69, 9.17) is 4.74 Å². The van der Waals surface area contributed by atoms with Gasteiger partial charge in [0.05, 0.1) is 10.6 Å². The van der Waals surface area contributed by atoms with E-state index in [1.807, 2.05) is 6.07 Å². The first-order valence-corrected chi connectivity index (χ1v) is 12.2. The molecule has 4 heteroatoms. The van der Waals surface area contributed by atoms with Gasteiger partial charge in [-0.2, -0.15) is 0 Å². The number of piperidine rings is 3. The Morgan fingerprint density at radius 2 is 1.84 bits per heavy atom. The van der Waals surface area contributed by atoms with Crippen LogP contribution in [0.3, 0.4) is 0 Å². The first-order valence-electron chi connectivity index (χ1n) is 11.3. The summed E-state index contributed by atoms with van der Waals surface area (Å²) in [5, 5.41) is 5.54. The highest BCUT2D eigenvalue weighted by Gasteiger charge is 2.41. The second-order valence-electron chi connectivity index (χ2n) is 8.69. The zero-order valence-corrected chi connectivity index (χ0v) is 18.7. The zero-order valence-electron chi connectivity index (χ0n) is 17.9. The molecule has 1 aromatic heterocycles. The van der Waals surface area contributed by atoms with Gasteiger partial charge < -0.3 is 10.1 Å². The normalized spacial score (nSPS) is 24.6. The van der Waals surface area contributed by atoms with E-state index in [0.717, 1.165) is 18.7 Å². The number of ether oxygens (including phenoxy) is 1. The van der Waals surface area contributed by atoms with E-state index < -0.39 is 0 Å². The molecule has 4 heterocycles. The highest BCUT2D eigenvalue weighted by atomic mass is 32.1. The predicted octanol–water partition coefficient (Wildman–Crippen LogP) is 6.41. The lowest BCUT2D eigenvalue weighted by Gasteiger charge is -2.49. The summed E-state index contributed by atoms with van der Waals surface area (Å²) < 4.78 is 6.36. The molecule has 3 nitrogen and oxygen atoms in total. The molecule has 0 spiro atoms. The molecule has 3 saturated heterocycles. The first-order chi connectivity index (χ1) is 15.3. The molecule has 3 aliphatic heterocycles. The quantitative estimate of drug-likeness (QED) is 0.418. The fourth-order valence-corrected chi connectivity index (χ4v) is 5.94. The van der Waals surface area contributed by atoms with Gasteiger partial charge in [-0.05, 0) is 67.3 Å². The Labute approximate surface area is 189 Å².